The van der Waals surface area contributed by atoms with E-state index in [-0.39, 0.29) is 0 Å². The van der Waals surface area contributed by atoms with Crippen LogP contribution < -0.4 is 0 Å². The fraction of sp³-hybridized carbons (Fsp3) is 1.00. The van der Waals surface area contributed by atoms with Crippen LogP contribution in [0, 0.1) is 5.92 Å². The molecular formula is C10H20BrNO2S. The number of hydrogen-bond acceptors (Lipinski definition) is 3. The number of halogens is 1. The Hall–Kier alpha value is 0.390. The van der Waals surface area contributed by atoms with Crippen LogP contribution in [0.3, 0.4) is 0 Å². The van der Waals surface area contributed by atoms with Gasteiger partial charge in [0.1, 0.15) is 9.84 Å². The van der Waals surface area contributed by atoms with Crippen molar-refractivity contribution < 1.29 is 8.42 Å². The van der Waals surface area contributed by atoms with E-state index < -0.39 is 9.84 Å². The van der Waals surface area contributed by atoms with Gasteiger partial charge in [-0.2, -0.15) is 0 Å². The normalized spacial score (nSPS) is 20.7. The smallest absolute Gasteiger partial charge is 0.147 e. The van der Waals surface area contributed by atoms with Crippen molar-refractivity contribution in [1.29, 1.82) is 0 Å². The van der Waals surface area contributed by atoms with Crippen molar-refractivity contribution in [3.63, 3.8) is 0 Å². The van der Waals surface area contributed by atoms with Gasteiger partial charge in [0.05, 0.1) is 5.75 Å². The molecule has 0 spiro atoms. The third kappa shape index (κ3) is 5.88. The molecule has 0 bridgehead atoms. The molecular weight excluding hydrogens is 278 g/mol. The largest absolute Gasteiger partial charge is 0.303 e. The van der Waals surface area contributed by atoms with Crippen LogP contribution in [-0.2, 0) is 9.84 Å². The lowest BCUT2D eigenvalue weighted by Crippen LogP contribution is -2.35. The van der Waals surface area contributed by atoms with Gasteiger partial charge in [-0.15, -0.1) is 0 Å². The van der Waals surface area contributed by atoms with E-state index in [2.05, 4.69) is 20.8 Å². The molecule has 0 unspecified atom stereocenters. The quantitative estimate of drug-likeness (QED) is 0.722. The molecule has 0 aromatic heterocycles. The standard InChI is InChI=1S/C10H20BrNO2S/c1-15(13,14)8-2-5-12-6-3-10(9-11)4-7-12/h10H,2-9H2,1H3. The van der Waals surface area contributed by atoms with Crippen LogP contribution in [-0.4, -0.2) is 50.3 Å². The molecule has 1 heterocycles. The molecule has 0 aliphatic carbocycles. The van der Waals surface area contributed by atoms with Crippen molar-refractivity contribution in [2.45, 2.75) is 19.3 Å². The van der Waals surface area contributed by atoms with Crippen LogP contribution >= 0.6 is 15.9 Å². The summed E-state index contributed by atoms with van der Waals surface area (Å²) in [4.78, 5) is 2.38. The maximum atomic E-state index is 10.9. The summed E-state index contributed by atoms with van der Waals surface area (Å²) in [5.41, 5.74) is 0. The Morgan fingerprint density at radius 3 is 2.40 bits per heavy atom. The van der Waals surface area contributed by atoms with Crippen molar-refractivity contribution in [1.82, 2.24) is 4.90 Å². The van der Waals surface area contributed by atoms with Crippen molar-refractivity contribution in [3.8, 4) is 0 Å². The first kappa shape index (κ1) is 13.5. The van der Waals surface area contributed by atoms with Gasteiger partial charge in [-0.3, -0.25) is 0 Å². The van der Waals surface area contributed by atoms with E-state index in [1.165, 1.54) is 19.1 Å². The summed E-state index contributed by atoms with van der Waals surface area (Å²) < 4.78 is 21.9. The summed E-state index contributed by atoms with van der Waals surface area (Å²) in [5, 5.41) is 1.10. The van der Waals surface area contributed by atoms with Gasteiger partial charge in [-0.25, -0.2) is 8.42 Å². The molecule has 0 atom stereocenters. The predicted octanol–water partition coefficient (Wildman–Crippen LogP) is 1.53. The minimum absolute atomic E-state index is 0.325. The number of hydrogen-bond donors (Lipinski definition) is 0. The Balaban J connectivity index is 2.14. The molecule has 1 aliphatic rings. The molecule has 5 heteroatoms. The van der Waals surface area contributed by atoms with Crippen molar-refractivity contribution in [2.75, 3.05) is 37.0 Å². The lowest BCUT2D eigenvalue weighted by molar-refractivity contribution is 0.195. The summed E-state index contributed by atoms with van der Waals surface area (Å²) in [6, 6.07) is 0. The van der Waals surface area contributed by atoms with Gasteiger partial charge >= 0.3 is 0 Å². The van der Waals surface area contributed by atoms with Crippen LogP contribution in [0.2, 0.25) is 0 Å². The number of nitrogens with zero attached hydrogens (tertiary/aromatic N) is 1. The molecule has 1 saturated heterocycles. The van der Waals surface area contributed by atoms with Crippen molar-refractivity contribution in [2.24, 2.45) is 5.92 Å². The topological polar surface area (TPSA) is 37.4 Å². The second-order valence-electron chi connectivity index (χ2n) is 4.42. The highest BCUT2D eigenvalue weighted by atomic mass is 79.9. The number of rotatable bonds is 5. The number of piperidine rings is 1. The fourth-order valence-electron chi connectivity index (χ4n) is 1.91. The van der Waals surface area contributed by atoms with Gasteiger partial charge in [0.25, 0.3) is 0 Å². The highest BCUT2D eigenvalue weighted by Crippen LogP contribution is 2.18. The van der Waals surface area contributed by atoms with Crippen molar-refractivity contribution in [3.05, 3.63) is 0 Å². The molecule has 0 radical (unpaired) electrons. The second-order valence-corrected chi connectivity index (χ2v) is 7.33. The van der Waals surface area contributed by atoms with Gasteiger partial charge in [0.2, 0.25) is 0 Å². The zero-order chi connectivity index (χ0) is 11.3. The molecule has 0 aromatic carbocycles. The lowest BCUT2D eigenvalue weighted by Gasteiger charge is -2.30. The maximum Gasteiger partial charge on any atom is 0.147 e. The Bertz CT molecular complexity index is 271. The average molecular weight is 298 g/mol. The molecule has 0 N–H and O–H groups in total. The van der Waals surface area contributed by atoms with Gasteiger partial charge in [0, 0.05) is 11.6 Å². The van der Waals surface area contributed by atoms with Crippen molar-refractivity contribution >= 4 is 25.8 Å². The van der Waals surface area contributed by atoms with E-state index in [1.54, 1.807) is 0 Å². The first-order chi connectivity index (χ1) is 7.01. The van der Waals surface area contributed by atoms with E-state index in [4.69, 9.17) is 0 Å². The third-order valence-corrected chi connectivity index (χ3v) is 4.86. The lowest BCUT2D eigenvalue weighted by atomic mass is 9.99. The van der Waals surface area contributed by atoms with Gasteiger partial charge in [-0.1, -0.05) is 15.9 Å². The summed E-state index contributed by atoms with van der Waals surface area (Å²) >= 11 is 3.51. The van der Waals surface area contributed by atoms with Crippen LogP contribution in [0.25, 0.3) is 0 Å². The SMILES string of the molecule is CS(=O)(=O)CCCN1CCC(CBr)CC1. The van der Waals surface area contributed by atoms with Crippen LogP contribution in [0.1, 0.15) is 19.3 Å². The van der Waals surface area contributed by atoms with E-state index in [9.17, 15) is 8.42 Å². The third-order valence-electron chi connectivity index (χ3n) is 2.91. The van der Waals surface area contributed by atoms with Gasteiger partial charge < -0.3 is 4.90 Å². The first-order valence-corrected chi connectivity index (χ1v) is 8.65. The predicted molar refractivity (Wildman–Crippen MR) is 67.3 cm³/mol. The molecule has 3 nitrogen and oxygen atoms in total. The maximum absolute atomic E-state index is 10.9. The number of alkyl halides is 1. The van der Waals surface area contributed by atoms with Gasteiger partial charge in [0.15, 0.2) is 0 Å². The van der Waals surface area contributed by atoms with Crippen LogP contribution in [0.4, 0.5) is 0 Å². The highest BCUT2D eigenvalue weighted by molar-refractivity contribution is 9.09. The summed E-state index contributed by atoms with van der Waals surface area (Å²) in [6.45, 7) is 3.18. The Labute approximate surface area is 101 Å². The number of likely N-dealkylation sites (tertiary alicyclic amines) is 1. The van der Waals surface area contributed by atoms with E-state index >= 15 is 0 Å². The van der Waals surface area contributed by atoms with E-state index in [0.717, 1.165) is 37.3 Å². The van der Waals surface area contributed by atoms with E-state index in [0.29, 0.717) is 5.75 Å². The first-order valence-electron chi connectivity index (χ1n) is 5.47. The Morgan fingerprint density at radius 1 is 1.33 bits per heavy atom. The summed E-state index contributed by atoms with van der Waals surface area (Å²) in [7, 11) is -2.77. The molecule has 1 fully saturated rings. The summed E-state index contributed by atoms with van der Waals surface area (Å²) in [6.07, 6.45) is 4.57. The molecule has 0 saturated carbocycles. The summed E-state index contributed by atoms with van der Waals surface area (Å²) in [5.74, 6) is 1.14. The zero-order valence-electron chi connectivity index (χ0n) is 9.28. The average Bonchev–Trinajstić information content (AvgIpc) is 2.17. The fourth-order valence-corrected chi connectivity index (χ4v) is 3.22. The number of sulfone groups is 1. The molecule has 0 aromatic rings. The Morgan fingerprint density at radius 2 is 1.93 bits per heavy atom. The minimum Gasteiger partial charge on any atom is -0.303 e. The Kier molecular flexibility index (Phi) is 5.57. The van der Waals surface area contributed by atoms with Crippen LogP contribution in [0.5, 0.6) is 0 Å². The molecule has 1 aliphatic heterocycles. The van der Waals surface area contributed by atoms with E-state index in [1.807, 2.05) is 0 Å². The van der Waals surface area contributed by atoms with Crippen LogP contribution in [0.15, 0.2) is 0 Å². The molecule has 0 amide bonds. The molecule has 1 rings (SSSR count). The molecule has 15 heavy (non-hydrogen) atoms. The molecule has 90 valence electrons. The zero-order valence-corrected chi connectivity index (χ0v) is 11.7. The highest BCUT2D eigenvalue weighted by Gasteiger charge is 2.17. The second kappa shape index (κ2) is 6.21. The van der Waals surface area contributed by atoms with Gasteiger partial charge in [-0.05, 0) is 44.8 Å². The minimum atomic E-state index is -2.77. The monoisotopic (exact) mass is 297 g/mol.